The van der Waals surface area contributed by atoms with E-state index in [0.29, 0.717) is 23.5 Å². The Morgan fingerprint density at radius 1 is 1.33 bits per heavy atom. The maximum Gasteiger partial charge on any atom is 0.225 e. The second-order valence-electron chi connectivity index (χ2n) is 6.54. The first-order valence-corrected chi connectivity index (χ1v) is 9.07. The number of hydrogen-bond acceptors (Lipinski definition) is 4. The van der Waals surface area contributed by atoms with E-state index in [-0.39, 0.29) is 23.0 Å². The summed E-state index contributed by atoms with van der Waals surface area (Å²) in [6.07, 6.45) is 2.20. The van der Waals surface area contributed by atoms with E-state index in [2.05, 4.69) is 10.4 Å². The summed E-state index contributed by atoms with van der Waals surface area (Å²) in [4.78, 5) is 12.0. The van der Waals surface area contributed by atoms with Crippen LogP contribution in [-0.2, 0) is 31.7 Å². The Labute approximate surface area is 125 Å². The number of sulfone groups is 1. The molecular weight excluding hydrogens is 290 g/mol. The molecule has 0 saturated heterocycles. The fourth-order valence-electron chi connectivity index (χ4n) is 2.39. The summed E-state index contributed by atoms with van der Waals surface area (Å²) < 4.78 is 25.2. The van der Waals surface area contributed by atoms with Crippen LogP contribution in [0.15, 0.2) is 0 Å². The monoisotopic (exact) mass is 313 g/mol. The first-order valence-electron chi connectivity index (χ1n) is 7.25. The lowest BCUT2D eigenvalue weighted by molar-refractivity contribution is -0.116. The second kappa shape index (κ2) is 5.44. The van der Waals surface area contributed by atoms with Crippen LogP contribution in [0.3, 0.4) is 0 Å². The molecule has 0 radical (unpaired) electrons. The number of carbonyl (C=O) groups is 1. The normalized spacial score (nSPS) is 16.8. The van der Waals surface area contributed by atoms with E-state index in [0.717, 1.165) is 12.8 Å². The lowest BCUT2D eigenvalue weighted by Crippen LogP contribution is -2.27. The zero-order valence-electron chi connectivity index (χ0n) is 13.1. The van der Waals surface area contributed by atoms with Crippen molar-refractivity contribution in [2.24, 2.45) is 0 Å². The van der Waals surface area contributed by atoms with Crippen molar-refractivity contribution in [2.75, 3.05) is 5.32 Å². The lowest BCUT2D eigenvalue weighted by Gasteiger charge is -2.23. The largest absolute Gasteiger partial charge is 0.311 e. The molecule has 118 valence electrons. The fourth-order valence-corrected chi connectivity index (χ4v) is 3.88. The van der Waals surface area contributed by atoms with Crippen molar-refractivity contribution >= 4 is 21.6 Å². The predicted molar refractivity (Wildman–Crippen MR) is 81.7 cm³/mol. The average molecular weight is 313 g/mol. The van der Waals surface area contributed by atoms with Crippen LogP contribution < -0.4 is 5.32 Å². The molecule has 1 aromatic rings. The van der Waals surface area contributed by atoms with Crippen molar-refractivity contribution in [2.45, 2.75) is 64.0 Å². The molecule has 0 spiro atoms. The van der Waals surface area contributed by atoms with Gasteiger partial charge >= 0.3 is 0 Å². The number of rotatable bonds is 4. The van der Waals surface area contributed by atoms with Crippen LogP contribution in [-0.4, -0.2) is 24.1 Å². The quantitative estimate of drug-likeness (QED) is 0.924. The summed E-state index contributed by atoms with van der Waals surface area (Å²) in [6.45, 7) is 7.96. The first kappa shape index (κ1) is 16.0. The summed E-state index contributed by atoms with van der Waals surface area (Å²) in [5.41, 5.74) is 0.895. The van der Waals surface area contributed by atoms with Gasteiger partial charge < -0.3 is 5.32 Å². The van der Waals surface area contributed by atoms with E-state index < -0.39 is 9.84 Å². The van der Waals surface area contributed by atoms with Gasteiger partial charge in [0.05, 0.1) is 22.7 Å². The van der Waals surface area contributed by atoms with E-state index >= 15 is 0 Å². The SMILES string of the molecule is CCCCC(=O)Nc1c2c(nn1C(C)(C)C)CS(=O)(=O)C2. The van der Waals surface area contributed by atoms with Crippen LogP contribution in [0.2, 0.25) is 0 Å². The smallest absolute Gasteiger partial charge is 0.225 e. The van der Waals surface area contributed by atoms with Crippen LogP contribution in [0, 0.1) is 0 Å². The van der Waals surface area contributed by atoms with Crippen molar-refractivity contribution in [3.05, 3.63) is 11.3 Å². The standard InChI is InChI=1S/C14H23N3O3S/c1-5-6-7-12(18)15-13-10-8-21(19,20)9-11(10)16-17(13)14(2,3)4/h5-9H2,1-4H3,(H,15,18). The number of amides is 1. The maximum atomic E-state index is 12.0. The molecule has 1 amide bonds. The number of nitrogens with one attached hydrogen (secondary N) is 1. The molecule has 0 unspecified atom stereocenters. The second-order valence-corrected chi connectivity index (χ2v) is 8.60. The van der Waals surface area contributed by atoms with Gasteiger partial charge in [0.2, 0.25) is 5.91 Å². The summed E-state index contributed by atoms with van der Waals surface area (Å²) in [5, 5.41) is 7.28. The average Bonchev–Trinajstić information content (AvgIpc) is 2.80. The van der Waals surface area contributed by atoms with Crippen molar-refractivity contribution in [3.63, 3.8) is 0 Å². The minimum Gasteiger partial charge on any atom is -0.311 e. The van der Waals surface area contributed by atoms with Crippen LogP contribution >= 0.6 is 0 Å². The number of anilines is 1. The molecule has 1 aromatic heterocycles. The van der Waals surface area contributed by atoms with Gasteiger partial charge in [-0.05, 0) is 27.2 Å². The Kier molecular flexibility index (Phi) is 4.15. The van der Waals surface area contributed by atoms with Crippen LogP contribution in [0.1, 0.15) is 58.2 Å². The topological polar surface area (TPSA) is 81.1 Å². The van der Waals surface area contributed by atoms with Gasteiger partial charge in [-0.25, -0.2) is 13.1 Å². The Bertz CT molecular complexity index is 654. The highest BCUT2D eigenvalue weighted by atomic mass is 32.2. The van der Waals surface area contributed by atoms with Gasteiger partial charge in [-0.2, -0.15) is 5.10 Å². The zero-order valence-corrected chi connectivity index (χ0v) is 13.9. The van der Waals surface area contributed by atoms with Gasteiger partial charge in [0.15, 0.2) is 9.84 Å². The maximum absolute atomic E-state index is 12.0. The highest BCUT2D eigenvalue weighted by Gasteiger charge is 2.35. The molecule has 0 fully saturated rings. The molecule has 0 aliphatic carbocycles. The van der Waals surface area contributed by atoms with E-state index in [1.807, 2.05) is 27.7 Å². The van der Waals surface area contributed by atoms with Crippen molar-refractivity contribution in [3.8, 4) is 0 Å². The van der Waals surface area contributed by atoms with Crippen molar-refractivity contribution in [1.29, 1.82) is 0 Å². The molecule has 1 aliphatic heterocycles. The number of unbranched alkanes of at least 4 members (excludes halogenated alkanes) is 1. The number of aromatic nitrogens is 2. The third-order valence-corrected chi connectivity index (χ3v) is 4.88. The minimum absolute atomic E-state index is 0.0384. The van der Waals surface area contributed by atoms with Crippen LogP contribution in [0.5, 0.6) is 0 Å². The Hall–Kier alpha value is -1.37. The predicted octanol–water partition coefficient (Wildman–Crippen LogP) is 2.20. The van der Waals surface area contributed by atoms with Gasteiger partial charge in [0.25, 0.3) is 0 Å². The summed E-state index contributed by atoms with van der Waals surface area (Å²) in [5.74, 6) is 0.374. The van der Waals surface area contributed by atoms with E-state index in [4.69, 9.17) is 0 Å². The molecule has 21 heavy (non-hydrogen) atoms. The van der Waals surface area contributed by atoms with E-state index in [1.54, 1.807) is 4.68 Å². The molecule has 7 heteroatoms. The van der Waals surface area contributed by atoms with E-state index in [9.17, 15) is 13.2 Å². The molecule has 0 aromatic carbocycles. The van der Waals surface area contributed by atoms with Crippen molar-refractivity contribution in [1.82, 2.24) is 9.78 Å². The third kappa shape index (κ3) is 3.45. The fraction of sp³-hybridized carbons (Fsp3) is 0.714. The molecule has 0 atom stereocenters. The van der Waals surface area contributed by atoms with Gasteiger partial charge in [-0.1, -0.05) is 13.3 Å². The lowest BCUT2D eigenvalue weighted by atomic mass is 10.1. The number of carbonyl (C=O) groups excluding carboxylic acids is 1. The summed E-state index contributed by atoms with van der Waals surface area (Å²) in [7, 11) is -3.13. The number of hydrogen-bond donors (Lipinski definition) is 1. The van der Waals surface area contributed by atoms with Gasteiger partial charge in [-0.3, -0.25) is 4.79 Å². The molecule has 2 heterocycles. The molecule has 6 nitrogen and oxygen atoms in total. The molecular formula is C14H23N3O3S. The van der Waals surface area contributed by atoms with Crippen LogP contribution in [0.4, 0.5) is 5.82 Å². The van der Waals surface area contributed by atoms with Crippen LogP contribution in [0.25, 0.3) is 0 Å². The van der Waals surface area contributed by atoms with E-state index in [1.165, 1.54) is 0 Å². The number of nitrogens with zero attached hydrogens (tertiary/aromatic N) is 2. The molecule has 1 N–H and O–H groups in total. The number of fused-ring (bicyclic) bond motifs is 1. The molecule has 2 rings (SSSR count). The Morgan fingerprint density at radius 2 is 2.00 bits per heavy atom. The van der Waals surface area contributed by atoms with Gasteiger partial charge in [-0.15, -0.1) is 0 Å². The molecule has 1 aliphatic rings. The molecule has 0 bridgehead atoms. The Balaban J connectivity index is 2.36. The van der Waals surface area contributed by atoms with Crippen molar-refractivity contribution < 1.29 is 13.2 Å². The van der Waals surface area contributed by atoms with Gasteiger partial charge in [0, 0.05) is 12.0 Å². The third-order valence-electron chi connectivity index (χ3n) is 3.44. The highest BCUT2D eigenvalue weighted by Crippen LogP contribution is 2.34. The van der Waals surface area contributed by atoms with Gasteiger partial charge in [0.1, 0.15) is 5.82 Å². The highest BCUT2D eigenvalue weighted by molar-refractivity contribution is 7.90. The minimum atomic E-state index is -3.13. The molecule has 0 saturated carbocycles. The zero-order chi connectivity index (χ0) is 15.8. The Morgan fingerprint density at radius 3 is 2.57 bits per heavy atom. The summed E-state index contributed by atoms with van der Waals surface area (Å²) >= 11 is 0. The first-order chi connectivity index (χ1) is 9.64. The summed E-state index contributed by atoms with van der Waals surface area (Å²) in [6, 6.07) is 0.